The van der Waals surface area contributed by atoms with Crippen molar-refractivity contribution in [2.75, 3.05) is 0 Å². The molecule has 2 N–H and O–H groups in total. The molecule has 1 aliphatic rings. The maximum absolute atomic E-state index is 12.3. The number of aromatic nitrogens is 4. The molecular weight excluding hydrogens is 364 g/mol. The van der Waals surface area contributed by atoms with Gasteiger partial charge in [0.15, 0.2) is 5.78 Å². The summed E-state index contributed by atoms with van der Waals surface area (Å²) in [4.78, 5) is 12.3. The van der Waals surface area contributed by atoms with Gasteiger partial charge in [-0.3, -0.25) is 4.79 Å². The van der Waals surface area contributed by atoms with Gasteiger partial charge in [0.05, 0.1) is 6.10 Å². The first-order chi connectivity index (χ1) is 14.1. The van der Waals surface area contributed by atoms with Crippen molar-refractivity contribution in [1.29, 1.82) is 0 Å². The number of aliphatic hydroxyl groups excluding tert-OH is 1. The fraction of sp³-hybridized carbons (Fsp3) is 0.478. The van der Waals surface area contributed by atoms with E-state index >= 15 is 0 Å². The zero-order chi connectivity index (χ0) is 20.5. The first kappa shape index (κ1) is 21.1. The number of allylic oxidation sites excluding steroid dienone is 4. The van der Waals surface area contributed by atoms with Crippen LogP contribution >= 0.6 is 0 Å². The number of unbranched alkanes of at least 4 members (excludes halogenated alkanes) is 1. The molecule has 3 unspecified atom stereocenters. The highest BCUT2D eigenvalue weighted by Crippen LogP contribution is 2.35. The van der Waals surface area contributed by atoms with Gasteiger partial charge in [0.1, 0.15) is 5.82 Å². The van der Waals surface area contributed by atoms with E-state index in [9.17, 15) is 9.90 Å². The summed E-state index contributed by atoms with van der Waals surface area (Å²) < 4.78 is 0. The van der Waals surface area contributed by atoms with Gasteiger partial charge in [0.2, 0.25) is 0 Å². The summed E-state index contributed by atoms with van der Waals surface area (Å²) in [7, 11) is 0. The SMILES string of the molecule is Cc1cccc(CC(=O)C=CC2CCC(O)C2C/C=C\CCCc2nnn[nH]2)c1. The van der Waals surface area contributed by atoms with Gasteiger partial charge in [-0.2, -0.15) is 0 Å². The van der Waals surface area contributed by atoms with Crippen molar-refractivity contribution in [1.82, 2.24) is 20.6 Å². The Morgan fingerprint density at radius 3 is 3.00 bits per heavy atom. The largest absolute Gasteiger partial charge is 0.393 e. The van der Waals surface area contributed by atoms with E-state index in [0.717, 1.165) is 49.9 Å². The van der Waals surface area contributed by atoms with Crippen LogP contribution in [0.25, 0.3) is 0 Å². The van der Waals surface area contributed by atoms with Gasteiger partial charge < -0.3 is 5.11 Å². The first-order valence-corrected chi connectivity index (χ1v) is 10.4. The zero-order valence-electron chi connectivity index (χ0n) is 17.0. The summed E-state index contributed by atoms with van der Waals surface area (Å²) in [5.41, 5.74) is 2.22. The second kappa shape index (κ2) is 10.8. The summed E-state index contributed by atoms with van der Waals surface area (Å²) in [5, 5.41) is 24.1. The Kier molecular flexibility index (Phi) is 7.87. The number of aryl methyl sites for hydroxylation is 2. The number of ketones is 1. The average Bonchev–Trinajstić information content (AvgIpc) is 3.33. The van der Waals surface area contributed by atoms with Crippen LogP contribution in [0.2, 0.25) is 0 Å². The minimum Gasteiger partial charge on any atom is -0.393 e. The lowest BCUT2D eigenvalue weighted by Crippen LogP contribution is -2.17. The lowest BCUT2D eigenvalue weighted by atomic mass is 9.90. The molecule has 0 spiro atoms. The number of rotatable bonds is 10. The monoisotopic (exact) mass is 394 g/mol. The second-order valence-corrected chi connectivity index (χ2v) is 7.91. The zero-order valence-corrected chi connectivity index (χ0v) is 17.0. The topological polar surface area (TPSA) is 91.8 Å². The predicted octanol–water partition coefficient (Wildman–Crippen LogP) is 3.53. The number of H-pyrrole nitrogens is 1. The molecule has 1 aliphatic carbocycles. The molecule has 0 aliphatic heterocycles. The Balaban J connectivity index is 1.43. The van der Waals surface area contributed by atoms with E-state index in [1.807, 2.05) is 31.2 Å². The summed E-state index contributed by atoms with van der Waals surface area (Å²) in [6, 6.07) is 8.06. The predicted molar refractivity (Wildman–Crippen MR) is 112 cm³/mol. The number of benzene rings is 1. The van der Waals surface area contributed by atoms with E-state index in [1.165, 1.54) is 5.56 Å². The highest BCUT2D eigenvalue weighted by molar-refractivity contribution is 5.91. The molecule has 0 bridgehead atoms. The normalized spacial score (nSPS) is 22.1. The Morgan fingerprint density at radius 2 is 2.21 bits per heavy atom. The van der Waals surface area contributed by atoms with Gasteiger partial charge in [-0.05, 0) is 72.9 Å². The molecule has 1 aromatic heterocycles. The number of nitrogens with zero attached hydrogens (tertiary/aromatic N) is 3. The third kappa shape index (κ3) is 6.75. The number of aliphatic hydroxyl groups is 1. The number of nitrogens with one attached hydrogen (secondary N) is 1. The Labute approximate surface area is 172 Å². The molecule has 1 fully saturated rings. The first-order valence-electron chi connectivity index (χ1n) is 10.4. The van der Waals surface area contributed by atoms with Crippen molar-refractivity contribution in [2.24, 2.45) is 11.8 Å². The molecule has 6 nitrogen and oxygen atoms in total. The van der Waals surface area contributed by atoms with Crippen LogP contribution < -0.4 is 0 Å². The number of carbonyl (C=O) groups is 1. The van der Waals surface area contributed by atoms with Crippen LogP contribution in [0.4, 0.5) is 0 Å². The molecule has 0 amide bonds. The molecule has 29 heavy (non-hydrogen) atoms. The number of tetrazole rings is 1. The van der Waals surface area contributed by atoms with Crippen molar-refractivity contribution in [3.63, 3.8) is 0 Å². The molecule has 3 rings (SSSR count). The van der Waals surface area contributed by atoms with Crippen molar-refractivity contribution in [3.05, 3.63) is 65.5 Å². The van der Waals surface area contributed by atoms with Crippen molar-refractivity contribution >= 4 is 5.78 Å². The van der Waals surface area contributed by atoms with Crippen LogP contribution in [0.15, 0.2) is 48.6 Å². The second-order valence-electron chi connectivity index (χ2n) is 7.91. The van der Waals surface area contributed by atoms with Crippen LogP contribution in [0.1, 0.15) is 49.1 Å². The minimum atomic E-state index is -0.290. The molecule has 1 heterocycles. The molecule has 1 aromatic carbocycles. The lowest BCUT2D eigenvalue weighted by Gasteiger charge is -2.17. The van der Waals surface area contributed by atoms with Gasteiger partial charge in [-0.25, -0.2) is 5.10 Å². The van der Waals surface area contributed by atoms with Crippen LogP contribution in [-0.2, 0) is 17.6 Å². The summed E-state index contributed by atoms with van der Waals surface area (Å²) in [6.07, 6.45) is 13.5. The van der Waals surface area contributed by atoms with E-state index in [0.29, 0.717) is 6.42 Å². The van der Waals surface area contributed by atoms with Gasteiger partial charge in [0, 0.05) is 12.8 Å². The van der Waals surface area contributed by atoms with Gasteiger partial charge in [-0.1, -0.05) is 48.1 Å². The number of hydrogen-bond acceptors (Lipinski definition) is 5. The van der Waals surface area contributed by atoms with E-state index in [4.69, 9.17) is 0 Å². The number of hydrogen-bond donors (Lipinski definition) is 2. The fourth-order valence-electron chi connectivity index (χ4n) is 4.00. The molecule has 154 valence electrons. The van der Waals surface area contributed by atoms with Crippen LogP contribution in [0.5, 0.6) is 0 Å². The van der Waals surface area contributed by atoms with Gasteiger partial charge >= 0.3 is 0 Å². The highest BCUT2D eigenvalue weighted by Gasteiger charge is 2.32. The van der Waals surface area contributed by atoms with Gasteiger partial charge in [0.25, 0.3) is 0 Å². The summed E-state index contributed by atoms with van der Waals surface area (Å²) in [6.45, 7) is 2.03. The van der Waals surface area contributed by atoms with Crippen LogP contribution in [0.3, 0.4) is 0 Å². The quantitative estimate of drug-likeness (QED) is 0.365. The molecule has 1 saturated carbocycles. The third-order valence-corrected chi connectivity index (χ3v) is 5.58. The highest BCUT2D eigenvalue weighted by atomic mass is 16.3. The number of aromatic amines is 1. The van der Waals surface area contributed by atoms with Crippen LogP contribution in [-0.4, -0.2) is 37.6 Å². The average molecular weight is 395 g/mol. The van der Waals surface area contributed by atoms with E-state index in [1.54, 1.807) is 6.08 Å². The van der Waals surface area contributed by atoms with Gasteiger partial charge in [-0.15, -0.1) is 5.10 Å². The standard InChI is InChI=1S/C23H30N4O2/c1-17-7-6-8-18(15-17)16-20(28)13-11-19-12-14-22(29)21(19)9-4-2-3-5-10-23-24-26-27-25-23/h2,4,6-8,11,13,15,19,21-22,29H,3,5,9-10,12,14,16H2,1H3,(H,24,25,26,27)/b4-2-,13-11?. The Morgan fingerprint density at radius 1 is 1.31 bits per heavy atom. The lowest BCUT2D eigenvalue weighted by molar-refractivity contribution is -0.114. The molecule has 3 atom stereocenters. The Hall–Kier alpha value is -2.60. The summed E-state index contributed by atoms with van der Waals surface area (Å²) >= 11 is 0. The summed E-state index contributed by atoms with van der Waals surface area (Å²) in [5.74, 6) is 1.38. The van der Waals surface area contributed by atoms with Crippen molar-refractivity contribution < 1.29 is 9.90 Å². The van der Waals surface area contributed by atoms with Crippen LogP contribution in [0, 0.1) is 18.8 Å². The third-order valence-electron chi connectivity index (χ3n) is 5.58. The Bertz CT molecular complexity index is 829. The minimum absolute atomic E-state index is 0.119. The van der Waals surface area contributed by atoms with Crippen molar-refractivity contribution in [3.8, 4) is 0 Å². The number of carbonyl (C=O) groups excluding carboxylic acids is 1. The molecule has 2 aromatic rings. The molecule has 0 radical (unpaired) electrons. The van der Waals surface area contributed by atoms with E-state index in [2.05, 4.69) is 38.8 Å². The molecular formula is C23H30N4O2. The molecule has 0 saturated heterocycles. The smallest absolute Gasteiger partial charge is 0.159 e. The maximum Gasteiger partial charge on any atom is 0.159 e. The maximum atomic E-state index is 12.3. The van der Waals surface area contributed by atoms with E-state index in [-0.39, 0.29) is 23.7 Å². The van der Waals surface area contributed by atoms with Crippen molar-refractivity contribution in [2.45, 2.75) is 58.0 Å². The van der Waals surface area contributed by atoms with E-state index < -0.39 is 0 Å². The fourth-order valence-corrected chi connectivity index (χ4v) is 4.00. The molecule has 6 heteroatoms.